The second-order valence-corrected chi connectivity index (χ2v) is 22.2. The van der Waals surface area contributed by atoms with Crippen LogP contribution in [0, 0.1) is 0 Å². The normalized spacial score (nSPS) is 11.1. The third-order valence-corrected chi connectivity index (χ3v) is 16.7. The van der Waals surface area contributed by atoms with Crippen LogP contribution in [0.3, 0.4) is 0 Å². The van der Waals surface area contributed by atoms with Gasteiger partial charge in [0.2, 0.25) is 0 Å². The first-order valence-electron chi connectivity index (χ1n) is 27.6. The van der Waals surface area contributed by atoms with Crippen LogP contribution in [0.1, 0.15) is 137 Å². The number of nitrogens with zero attached hydrogens (tertiary/aromatic N) is 7. The SMILES string of the molecule is CCCCCCc1cc(-c2sc(-c3sccc3CCCCCC)cc2CCCCCC)sc1-c1ccnc(-c2cc(C(F)(F)F)n[n-]2)c1.O=CO/C=C/c1ccnc(-c2cc(/C=C/OC=O)cc(-c3cc(/C=C/OC=O)ccn3)n2)c1.[N-]=C=S.[Ru+2]. The first kappa shape index (κ1) is 68.5. The molecule has 0 spiro atoms. The van der Waals surface area contributed by atoms with Gasteiger partial charge in [-0.15, -0.1) is 34.0 Å². The topological polar surface area (TPSA) is 180 Å². The van der Waals surface area contributed by atoms with Gasteiger partial charge in [0.05, 0.1) is 47.3 Å². The number of aromatic nitrogens is 6. The largest absolute Gasteiger partial charge is 2.00 e. The molecular formula is C64H64F3N7O6RuS4. The summed E-state index contributed by atoms with van der Waals surface area (Å²) in [6.45, 7) is 7.71. The summed E-state index contributed by atoms with van der Waals surface area (Å²) in [7, 11) is 0. The van der Waals surface area contributed by atoms with Crippen molar-refractivity contribution >= 4 is 89.0 Å². The summed E-state index contributed by atoms with van der Waals surface area (Å²) in [6, 6.07) is 22.6. The second kappa shape index (κ2) is 37.2. The molecule has 85 heavy (non-hydrogen) atoms. The number of hydrogen-bond donors (Lipinski definition) is 0. The molecule has 13 nitrogen and oxygen atoms in total. The van der Waals surface area contributed by atoms with E-state index in [0.717, 1.165) is 48.4 Å². The number of aryl methyl sites for hydroxylation is 3. The summed E-state index contributed by atoms with van der Waals surface area (Å²) in [5.41, 5.74) is 9.11. The van der Waals surface area contributed by atoms with Crippen molar-refractivity contribution in [2.75, 3.05) is 0 Å². The number of carbonyl (C=O) groups is 3. The fraction of sp³-hybridized carbons (Fsp3) is 0.297. The molecule has 0 aliphatic rings. The van der Waals surface area contributed by atoms with Gasteiger partial charge in [0, 0.05) is 43.0 Å². The van der Waals surface area contributed by atoms with Crippen molar-refractivity contribution in [1.29, 1.82) is 0 Å². The van der Waals surface area contributed by atoms with E-state index in [2.05, 4.69) is 101 Å². The predicted molar refractivity (Wildman–Crippen MR) is 334 cm³/mol. The van der Waals surface area contributed by atoms with Gasteiger partial charge in [-0.25, -0.2) is 4.98 Å². The van der Waals surface area contributed by atoms with Gasteiger partial charge in [-0.05, 0) is 174 Å². The smallest absolute Gasteiger partial charge is 0.753 e. The molecule has 0 amide bonds. The number of ether oxygens (including phenoxy) is 3. The van der Waals surface area contributed by atoms with Crippen molar-refractivity contribution in [3.05, 3.63) is 160 Å². The number of hydrogen-bond acceptors (Lipinski definition) is 15. The number of carbonyl (C=O) groups excluding carboxylic acids is 3. The Labute approximate surface area is 524 Å². The Morgan fingerprint density at radius 1 is 0.565 bits per heavy atom. The van der Waals surface area contributed by atoms with E-state index in [1.54, 1.807) is 84.6 Å². The van der Waals surface area contributed by atoms with Gasteiger partial charge >= 0.3 is 25.7 Å². The quantitative estimate of drug-likeness (QED) is 0.00790. The zero-order valence-electron chi connectivity index (χ0n) is 47.2. The van der Waals surface area contributed by atoms with E-state index < -0.39 is 11.9 Å². The van der Waals surface area contributed by atoms with E-state index in [0.29, 0.717) is 53.4 Å². The van der Waals surface area contributed by atoms with E-state index in [1.165, 1.54) is 136 Å². The van der Waals surface area contributed by atoms with Gasteiger partial charge in [0.15, 0.2) is 0 Å². The van der Waals surface area contributed by atoms with E-state index in [-0.39, 0.29) is 25.2 Å². The maximum absolute atomic E-state index is 13.3. The molecule has 0 radical (unpaired) electrons. The van der Waals surface area contributed by atoms with Gasteiger partial charge in [-0.3, -0.25) is 29.3 Å². The van der Waals surface area contributed by atoms with Gasteiger partial charge < -0.3 is 29.8 Å². The molecule has 0 saturated heterocycles. The Morgan fingerprint density at radius 3 is 1.53 bits per heavy atom. The van der Waals surface area contributed by atoms with Gasteiger partial charge in [-0.1, -0.05) is 96.5 Å². The average Bonchev–Trinajstić information content (AvgIpc) is 4.09. The van der Waals surface area contributed by atoms with Crippen molar-refractivity contribution < 1.29 is 61.2 Å². The molecule has 21 heteroatoms. The molecule has 0 N–H and O–H groups in total. The molecule has 0 aliphatic carbocycles. The van der Waals surface area contributed by atoms with Crippen LogP contribution in [0.15, 0.2) is 116 Å². The number of unbranched alkanes of at least 4 members (excludes halogenated alkanes) is 9. The molecule has 0 aromatic carbocycles. The first-order chi connectivity index (χ1) is 41.0. The van der Waals surface area contributed by atoms with Crippen molar-refractivity contribution in [2.24, 2.45) is 0 Å². The Kier molecular flexibility index (Phi) is 30.0. The Hall–Kier alpha value is -7.25. The maximum Gasteiger partial charge on any atom is 2.00 e. The fourth-order valence-corrected chi connectivity index (χ4v) is 12.6. The molecule has 8 aromatic heterocycles. The van der Waals surface area contributed by atoms with E-state index in [9.17, 15) is 27.6 Å². The van der Waals surface area contributed by atoms with E-state index >= 15 is 0 Å². The standard InChI is InChI=1S/C39H47F3N3S3.C24H17N3O6.CNS.Ru/c1-4-7-10-13-16-27-20-22-46-37(27)33-25-29(18-15-12-9-6-3)38(48-33)34-24-28(17-14-11-8-5-2)36(47-34)30-19-21-43-31(23-30)32-26-35(45-44-32)39(40,41)42;28-15-31-8-3-18-1-6-25-21(11-18)23-13-20(5-10-33-17-30)14-24(27-23)22-12-19(2-7-26-22)4-9-32-16-29;2-1-3;/h19-26H,4-18H2,1-3H3;1-17H;;/q-1;;-1;+2/b;8-3+,9-4+,10-5+;;. The van der Waals surface area contributed by atoms with Gasteiger partial charge in [0.1, 0.15) is 5.69 Å². The molecule has 8 aromatic rings. The molecule has 8 rings (SSSR count). The zero-order chi connectivity index (χ0) is 59.9. The van der Waals surface area contributed by atoms with Crippen LogP contribution in [0.5, 0.6) is 0 Å². The van der Waals surface area contributed by atoms with Gasteiger partial charge in [0.25, 0.3) is 19.4 Å². The molecule has 0 fully saturated rings. The van der Waals surface area contributed by atoms with Crippen LogP contribution < -0.4 is 5.10 Å². The third kappa shape index (κ3) is 21.6. The predicted octanol–water partition coefficient (Wildman–Crippen LogP) is 18.0. The third-order valence-electron chi connectivity index (χ3n) is 12.9. The van der Waals surface area contributed by atoms with Gasteiger partial charge in [-0.2, -0.15) is 18.3 Å². The molecule has 8 heterocycles. The molecule has 0 bridgehead atoms. The monoisotopic (exact) mass is 1310 g/mol. The number of thiophene rings is 3. The fourth-order valence-electron chi connectivity index (χ4n) is 8.89. The summed E-state index contributed by atoms with van der Waals surface area (Å²) in [5, 5.41) is 17.9. The minimum absolute atomic E-state index is 0. The van der Waals surface area contributed by atoms with Crippen LogP contribution in [-0.4, -0.2) is 49.6 Å². The summed E-state index contributed by atoms with van der Waals surface area (Å²) in [4.78, 5) is 55.6. The van der Waals surface area contributed by atoms with Crippen molar-refractivity contribution in [2.45, 2.75) is 123 Å². The van der Waals surface area contributed by atoms with Crippen LogP contribution in [0.4, 0.5) is 13.2 Å². The number of halogens is 3. The number of thiocarbonyl (C=S) groups is 1. The molecule has 444 valence electrons. The van der Waals surface area contributed by atoms with Crippen LogP contribution in [0.2, 0.25) is 0 Å². The average molecular weight is 1310 g/mol. The number of rotatable bonds is 30. The Balaban J connectivity index is 0.000000312. The zero-order valence-corrected chi connectivity index (χ0v) is 52.2. The second-order valence-electron chi connectivity index (χ2n) is 19.0. The van der Waals surface area contributed by atoms with E-state index in [4.69, 9.17) is 5.41 Å². The maximum atomic E-state index is 13.3. The molecule has 0 aliphatic heterocycles. The minimum Gasteiger partial charge on any atom is -0.753 e. The summed E-state index contributed by atoms with van der Waals surface area (Å²) in [5.74, 6) is 0. The van der Waals surface area contributed by atoms with Crippen LogP contribution in [-0.2, 0) is 73.5 Å². The molecule has 0 saturated carbocycles. The molecule has 0 unspecified atom stereocenters. The molecular weight excluding hydrogens is 1250 g/mol. The summed E-state index contributed by atoms with van der Waals surface area (Å²) < 4.78 is 53.7. The molecule has 0 atom stereocenters. The van der Waals surface area contributed by atoms with Crippen LogP contribution in [0.25, 0.3) is 87.8 Å². The Morgan fingerprint density at radius 2 is 1.02 bits per heavy atom. The minimum atomic E-state index is -4.54. The first-order valence-corrected chi connectivity index (χ1v) is 30.5. The summed E-state index contributed by atoms with van der Waals surface area (Å²) >= 11 is 9.30. The van der Waals surface area contributed by atoms with E-state index in [1.807, 2.05) is 34.8 Å². The number of pyridine rings is 4. The number of alkyl halides is 3. The summed E-state index contributed by atoms with van der Waals surface area (Å²) in [6.07, 6.45) is 26.7. The van der Waals surface area contributed by atoms with Crippen LogP contribution >= 0.6 is 46.2 Å². The van der Waals surface area contributed by atoms with Crippen molar-refractivity contribution in [3.63, 3.8) is 0 Å². The van der Waals surface area contributed by atoms with Crippen molar-refractivity contribution in [3.8, 4) is 64.1 Å². The number of isothiocyanates is 1. The Bertz CT molecular complexity index is 3410. The van der Waals surface area contributed by atoms with Crippen molar-refractivity contribution in [1.82, 2.24) is 30.1 Å².